The zero-order valence-electron chi connectivity index (χ0n) is 11.2. The van der Waals surface area contributed by atoms with Gasteiger partial charge in [0.2, 0.25) is 0 Å². The highest BCUT2D eigenvalue weighted by molar-refractivity contribution is 9.10. The molecule has 1 N–H and O–H groups in total. The van der Waals surface area contributed by atoms with Gasteiger partial charge in [0.1, 0.15) is 6.04 Å². The average Bonchev–Trinajstić information content (AvgIpc) is 2.45. The van der Waals surface area contributed by atoms with E-state index < -0.39 is 12.0 Å². The van der Waals surface area contributed by atoms with Gasteiger partial charge in [-0.15, -0.1) is 0 Å². The summed E-state index contributed by atoms with van der Waals surface area (Å²) in [6, 6.07) is 8.01. The van der Waals surface area contributed by atoms with Crippen molar-refractivity contribution in [3.8, 4) is 6.07 Å². The van der Waals surface area contributed by atoms with Crippen molar-refractivity contribution in [2.24, 2.45) is 5.92 Å². The Morgan fingerprint density at radius 3 is 2.75 bits per heavy atom. The predicted octanol–water partition coefficient (Wildman–Crippen LogP) is 2.27. The van der Waals surface area contributed by atoms with E-state index in [0.717, 1.165) is 4.47 Å². The Kier molecular flexibility index (Phi) is 6.19. The lowest BCUT2D eigenvalue weighted by molar-refractivity contribution is -0.143. The van der Waals surface area contributed by atoms with Gasteiger partial charge in [0.05, 0.1) is 13.2 Å². The minimum absolute atomic E-state index is 0.211. The number of amides is 1. The Balaban J connectivity index is 2.81. The summed E-state index contributed by atoms with van der Waals surface area (Å²) in [5.74, 6) is -1.30. The number of nitriles is 1. The molecule has 5 nitrogen and oxygen atoms in total. The van der Waals surface area contributed by atoms with Gasteiger partial charge >= 0.3 is 5.97 Å². The van der Waals surface area contributed by atoms with Gasteiger partial charge in [-0.25, -0.2) is 4.79 Å². The summed E-state index contributed by atoms with van der Waals surface area (Å²) < 4.78 is 5.41. The predicted molar refractivity (Wildman–Crippen MR) is 76.8 cm³/mol. The SMILES string of the molecule is COC(=O)[C@@H](C[C@@H](C)C#N)NC(=O)c1cccc(Br)c1. The summed E-state index contributed by atoms with van der Waals surface area (Å²) in [6.45, 7) is 1.68. The molecule has 0 aliphatic carbocycles. The van der Waals surface area contributed by atoms with Gasteiger partial charge in [-0.1, -0.05) is 22.0 Å². The highest BCUT2D eigenvalue weighted by atomic mass is 79.9. The van der Waals surface area contributed by atoms with Crippen molar-refractivity contribution in [3.05, 3.63) is 34.3 Å². The lowest BCUT2D eigenvalue weighted by Crippen LogP contribution is -2.42. The highest BCUT2D eigenvalue weighted by Gasteiger charge is 2.24. The number of rotatable bonds is 5. The first kappa shape index (κ1) is 16.2. The highest BCUT2D eigenvalue weighted by Crippen LogP contribution is 2.13. The fourth-order valence-electron chi connectivity index (χ4n) is 1.63. The van der Waals surface area contributed by atoms with Crippen LogP contribution in [0.4, 0.5) is 0 Å². The fraction of sp³-hybridized carbons (Fsp3) is 0.357. The number of carbonyl (C=O) groups is 2. The number of ether oxygens (including phenoxy) is 1. The lowest BCUT2D eigenvalue weighted by atomic mass is 10.0. The molecule has 1 rings (SSSR count). The van der Waals surface area contributed by atoms with Gasteiger partial charge < -0.3 is 10.1 Å². The molecule has 106 valence electrons. The molecule has 1 amide bonds. The van der Waals surface area contributed by atoms with Crippen LogP contribution in [0.3, 0.4) is 0 Å². The van der Waals surface area contributed by atoms with E-state index in [2.05, 4.69) is 26.0 Å². The van der Waals surface area contributed by atoms with E-state index in [9.17, 15) is 9.59 Å². The summed E-state index contributed by atoms with van der Waals surface area (Å²) in [7, 11) is 1.25. The van der Waals surface area contributed by atoms with E-state index in [1.807, 2.05) is 6.07 Å². The van der Waals surface area contributed by atoms with Crippen molar-refractivity contribution in [2.45, 2.75) is 19.4 Å². The zero-order chi connectivity index (χ0) is 15.1. The van der Waals surface area contributed by atoms with Crippen LogP contribution in [0.5, 0.6) is 0 Å². The van der Waals surface area contributed by atoms with Crippen molar-refractivity contribution >= 4 is 27.8 Å². The number of methoxy groups -OCH3 is 1. The van der Waals surface area contributed by atoms with Crippen molar-refractivity contribution in [3.63, 3.8) is 0 Å². The third-order valence-electron chi connectivity index (χ3n) is 2.69. The van der Waals surface area contributed by atoms with Crippen LogP contribution in [0.2, 0.25) is 0 Å². The third kappa shape index (κ3) is 4.67. The Bertz CT molecular complexity index is 539. The van der Waals surface area contributed by atoms with Crippen molar-refractivity contribution in [1.82, 2.24) is 5.32 Å². The Labute approximate surface area is 126 Å². The molecule has 0 saturated carbocycles. The molecule has 0 aliphatic heterocycles. The van der Waals surface area contributed by atoms with Crippen LogP contribution in [0, 0.1) is 17.2 Å². The number of benzene rings is 1. The topological polar surface area (TPSA) is 79.2 Å². The van der Waals surface area contributed by atoms with Gasteiger partial charge in [-0.3, -0.25) is 4.79 Å². The second-order valence-electron chi connectivity index (χ2n) is 4.33. The quantitative estimate of drug-likeness (QED) is 0.835. The summed E-state index contributed by atoms with van der Waals surface area (Å²) in [5, 5.41) is 11.4. The van der Waals surface area contributed by atoms with E-state index in [1.165, 1.54) is 7.11 Å². The molecular weight excluding hydrogens is 324 g/mol. The van der Waals surface area contributed by atoms with Crippen molar-refractivity contribution < 1.29 is 14.3 Å². The lowest BCUT2D eigenvalue weighted by Gasteiger charge is -2.17. The van der Waals surface area contributed by atoms with Crippen LogP contribution in [0.1, 0.15) is 23.7 Å². The molecule has 1 aromatic rings. The van der Waals surface area contributed by atoms with Gasteiger partial charge in [0.25, 0.3) is 5.91 Å². The Morgan fingerprint density at radius 2 is 2.20 bits per heavy atom. The summed E-state index contributed by atoms with van der Waals surface area (Å²) in [6.07, 6.45) is 0.211. The number of halogens is 1. The minimum Gasteiger partial charge on any atom is -0.467 e. The molecule has 0 heterocycles. The molecule has 0 spiro atoms. The first-order chi connectivity index (χ1) is 9.47. The molecular formula is C14H15BrN2O3. The number of hydrogen-bond donors (Lipinski definition) is 1. The summed E-state index contributed by atoms with van der Waals surface area (Å²) in [4.78, 5) is 23.7. The molecule has 0 aromatic heterocycles. The summed E-state index contributed by atoms with van der Waals surface area (Å²) >= 11 is 3.28. The zero-order valence-corrected chi connectivity index (χ0v) is 12.8. The van der Waals surface area contributed by atoms with Gasteiger partial charge in [-0.2, -0.15) is 5.26 Å². The van der Waals surface area contributed by atoms with Crippen LogP contribution in [0.15, 0.2) is 28.7 Å². The first-order valence-electron chi connectivity index (χ1n) is 6.01. The van der Waals surface area contributed by atoms with Crippen molar-refractivity contribution in [1.29, 1.82) is 5.26 Å². The number of nitrogens with one attached hydrogen (secondary N) is 1. The molecule has 20 heavy (non-hydrogen) atoms. The standard InChI is InChI=1S/C14H15BrN2O3/c1-9(8-16)6-12(14(19)20-2)17-13(18)10-4-3-5-11(15)7-10/h3-5,7,9,12H,6H2,1-2H3,(H,17,18)/t9-,12-/m1/s1. The second kappa shape index (κ2) is 7.65. The van der Waals surface area contributed by atoms with Gasteiger partial charge in [-0.05, 0) is 31.5 Å². The van der Waals surface area contributed by atoms with Crippen LogP contribution in [0.25, 0.3) is 0 Å². The van der Waals surface area contributed by atoms with Gasteiger partial charge in [0, 0.05) is 16.0 Å². The third-order valence-corrected chi connectivity index (χ3v) is 3.18. The van der Waals surface area contributed by atoms with Crippen LogP contribution in [-0.4, -0.2) is 25.0 Å². The summed E-state index contributed by atoms with van der Waals surface area (Å²) in [5.41, 5.74) is 0.429. The van der Waals surface area contributed by atoms with E-state index in [0.29, 0.717) is 5.56 Å². The number of carbonyl (C=O) groups excluding carboxylic acids is 2. The Morgan fingerprint density at radius 1 is 1.50 bits per heavy atom. The maximum Gasteiger partial charge on any atom is 0.328 e. The molecule has 0 unspecified atom stereocenters. The molecule has 1 aromatic carbocycles. The van der Waals surface area contributed by atoms with Crippen LogP contribution < -0.4 is 5.32 Å². The molecule has 0 saturated heterocycles. The second-order valence-corrected chi connectivity index (χ2v) is 5.24. The molecule has 0 radical (unpaired) electrons. The average molecular weight is 339 g/mol. The van der Waals surface area contributed by atoms with Gasteiger partial charge in [0.15, 0.2) is 0 Å². The van der Waals surface area contributed by atoms with Crippen LogP contribution in [-0.2, 0) is 9.53 Å². The first-order valence-corrected chi connectivity index (χ1v) is 6.81. The smallest absolute Gasteiger partial charge is 0.328 e. The van der Waals surface area contributed by atoms with Crippen molar-refractivity contribution in [2.75, 3.05) is 7.11 Å². The molecule has 0 aliphatic rings. The minimum atomic E-state index is -0.832. The molecule has 6 heteroatoms. The fourth-order valence-corrected chi connectivity index (χ4v) is 2.03. The number of esters is 1. The van der Waals surface area contributed by atoms with Crippen LogP contribution >= 0.6 is 15.9 Å². The molecule has 0 bridgehead atoms. The number of nitrogens with zero attached hydrogens (tertiary/aromatic N) is 1. The maximum absolute atomic E-state index is 12.1. The van der Waals surface area contributed by atoms with E-state index >= 15 is 0 Å². The molecule has 0 fully saturated rings. The van der Waals surface area contributed by atoms with E-state index in [1.54, 1.807) is 31.2 Å². The van der Waals surface area contributed by atoms with E-state index in [4.69, 9.17) is 5.26 Å². The molecule has 2 atom stereocenters. The number of hydrogen-bond acceptors (Lipinski definition) is 4. The maximum atomic E-state index is 12.1. The Hall–Kier alpha value is -1.87. The normalized spacial score (nSPS) is 12.9. The monoisotopic (exact) mass is 338 g/mol. The van der Waals surface area contributed by atoms with E-state index in [-0.39, 0.29) is 18.2 Å². The largest absolute Gasteiger partial charge is 0.467 e.